The molecule has 0 fully saturated rings. The maximum absolute atomic E-state index is 12.0. The molecule has 0 aromatic heterocycles. The number of non-ortho nitro benzene ring substituents is 1. The normalized spacial score (nSPS) is 10.4. The van der Waals surface area contributed by atoms with E-state index in [4.69, 9.17) is 5.73 Å². The van der Waals surface area contributed by atoms with E-state index < -0.39 is 4.92 Å². The highest BCUT2D eigenvalue weighted by Crippen LogP contribution is 2.14. The molecule has 0 bridgehead atoms. The first-order chi connectivity index (χ1) is 13.0. The number of anilines is 1. The fourth-order valence-corrected chi connectivity index (χ4v) is 2.68. The third kappa shape index (κ3) is 6.54. The summed E-state index contributed by atoms with van der Waals surface area (Å²) in [5, 5.41) is 13.5. The molecule has 2 rings (SSSR count). The molecule has 0 saturated heterocycles. The number of hydrogen-bond acceptors (Lipinski definition) is 5. The lowest BCUT2D eigenvalue weighted by Crippen LogP contribution is -2.24. The van der Waals surface area contributed by atoms with Crippen LogP contribution in [0.4, 0.5) is 11.4 Å². The van der Waals surface area contributed by atoms with E-state index in [0.717, 1.165) is 24.8 Å². The molecule has 0 spiro atoms. The number of unbranched alkanes of at least 4 members (excludes halogenated alkanes) is 2. The van der Waals surface area contributed by atoms with Crippen molar-refractivity contribution in [1.82, 2.24) is 5.32 Å². The van der Waals surface area contributed by atoms with E-state index in [1.165, 1.54) is 24.3 Å². The first kappa shape index (κ1) is 20.1. The van der Waals surface area contributed by atoms with Crippen molar-refractivity contribution in [2.75, 3.05) is 12.3 Å². The molecule has 0 unspecified atom stereocenters. The summed E-state index contributed by atoms with van der Waals surface area (Å²) < 4.78 is 0. The van der Waals surface area contributed by atoms with Gasteiger partial charge in [0, 0.05) is 42.8 Å². The number of amides is 1. The average molecular weight is 369 g/mol. The van der Waals surface area contributed by atoms with Crippen molar-refractivity contribution >= 4 is 23.1 Å². The number of para-hydroxylation sites is 1. The van der Waals surface area contributed by atoms with Crippen LogP contribution in [0.15, 0.2) is 48.5 Å². The SMILES string of the molecule is Nc1ccccc1CC(=O)CCCCCNC(=O)c1cccc([N+](=O)[O-])c1. The quantitative estimate of drug-likeness (QED) is 0.289. The number of hydrogen-bond donors (Lipinski definition) is 2. The van der Waals surface area contributed by atoms with E-state index >= 15 is 0 Å². The smallest absolute Gasteiger partial charge is 0.270 e. The van der Waals surface area contributed by atoms with Crippen molar-refractivity contribution in [2.24, 2.45) is 0 Å². The highest BCUT2D eigenvalue weighted by Gasteiger charge is 2.11. The number of carbonyl (C=O) groups excluding carboxylic acids is 2. The van der Waals surface area contributed by atoms with Crippen LogP contribution < -0.4 is 11.1 Å². The number of nitrogens with zero attached hydrogens (tertiary/aromatic N) is 1. The summed E-state index contributed by atoms with van der Waals surface area (Å²) in [4.78, 5) is 34.2. The Balaban J connectivity index is 1.64. The first-order valence-corrected chi connectivity index (χ1v) is 8.85. The Hall–Kier alpha value is -3.22. The predicted molar refractivity (Wildman–Crippen MR) is 103 cm³/mol. The topological polar surface area (TPSA) is 115 Å². The molecule has 3 N–H and O–H groups in total. The van der Waals surface area contributed by atoms with Gasteiger partial charge in [-0.05, 0) is 30.5 Å². The summed E-state index contributed by atoms with van der Waals surface area (Å²) in [7, 11) is 0. The maximum Gasteiger partial charge on any atom is 0.270 e. The Labute approximate surface area is 157 Å². The number of nitrogens with one attached hydrogen (secondary N) is 1. The number of ketones is 1. The van der Waals surface area contributed by atoms with E-state index in [9.17, 15) is 19.7 Å². The Morgan fingerprint density at radius 2 is 1.81 bits per heavy atom. The van der Waals surface area contributed by atoms with Crippen molar-refractivity contribution in [3.05, 3.63) is 69.8 Å². The summed E-state index contributed by atoms with van der Waals surface area (Å²) in [5.74, 6) is -0.192. The fourth-order valence-electron chi connectivity index (χ4n) is 2.68. The van der Waals surface area contributed by atoms with Crippen LogP contribution in [0.3, 0.4) is 0 Å². The molecule has 0 saturated carbocycles. The van der Waals surface area contributed by atoms with Gasteiger partial charge in [0.05, 0.1) is 4.92 Å². The molecule has 0 heterocycles. The van der Waals surface area contributed by atoms with E-state index in [1.54, 1.807) is 6.07 Å². The van der Waals surface area contributed by atoms with Gasteiger partial charge in [-0.25, -0.2) is 0 Å². The van der Waals surface area contributed by atoms with Gasteiger partial charge in [-0.3, -0.25) is 19.7 Å². The van der Waals surface area contributed by atoms with Gasteiger partial charge in [0.15, 0.2) is 0 Å². The van der Waals surface area contributed by atoms with Crippen LogP contribution in [0.2, 0.25) is 0 Å². The van der Waals surface area contributed by atoms with Gasteiger partial charge in [0.2, 0.25) is 0 Å². The Morgan fingerprint density at radius 3 is 2.56 bits per heavy atom. The van der Waals surface area contributed by atoms with Crippen molar-refractivity contribution in [1.29, 1.82) is 0 Å². The minimum Gasteiger partial charge on any atom is -0.398 e. The summed E-state index contributed by atoms with van der Waals surface area (Å²) in [5.41, 5.74) is 7.48. The van der Waals surface area contributed by atoms with E-state index in [-0.39, 0.29) is 22.9 Å². The molecule has 7 nitrogen and oxygen atoms in total. The molecule has 0 aliphatic carbocycles. The zero-order valence-corrected chi connectivity index (χ0v) is 15.0. The molecule has 2 aromatic rings. The average Bonchev–Trinajstić information content (AvgIpc) is 2.66. The van der Waals surface area contributed by atoms with E-state index in [1.807, 2.05) is 18.2 Å². The molecule has 0 aliphatic heterocycles. The Kier molecular flexibility index (Phi) is 7.49. The lowest BCUT2D eigenvalue weighted by Gasteiger charge is -2.06. The minimum absolute atomic E-state index is 0.111. The Morgan fingerprint density at radius 1 is 1.04 bits per heavy atom. The van der Waals surface area contributed by atoms with Gasteiger partial charge >= 0.3 is 0 Å². The first-order valence-electron chi connectivity index (χ1n) is 8.85. The molecule has 0 atom stereocenters. The standard InChI is InChI=1S/C20H23N3O4/c21-19-11-4-3-7-15(19)14-18(24)10-2-1-5-12-22-20(25)16-8-6-9-17(13-16)23(26)27/h3-4,6-9,11,13H,1-2,5,10,12,14,21H2,(H,22,25). The molecule has 27 heavy (non-hydrogen) atoms. The third-order valence-electron chi connectivity index (χ3n) is 4.18. The predicted octanol–water partition coefficient (Wildman–Crippen LogP) is 3.28. The highest BCUT2D eigenvalue weighted by molar-refractivity contribution is 5.94. The monoisotopic (exact) mass is 369 g/mol. The molecule has 0 aliphatic rings. The molecule has 1 amide bonds. The second-order valence-electron chi connectivity index (χ2n) is 6.29. The van der Waals surface area contributed by atoms with E-state index in [0.29, 0.717) is 25.1 Å². The van der Waals surface area contributed by atoms with Crippen LogP contribution in [0.1, 0.15) is 41.6 Å². The molecule has 142 valence electrons. The number of rotatable bonds is 10. The minimum atomic E-state index is -0.531. The molecular formula is C20H23N3O4. The second kappa shape index (κ2) is 10.1. The van der Waals surface area contributed by atoms with Crippen LogP contribution >= 0.6 is 0 Å². The zero-order valence-electron chi connectivity index (χ0n) is 15.0. The summed E-state index contributed by atoms with van der Waals surface area (Å²) >= 11 is 0. The second-order valence-corrected chi connectivity index (χ2v) is 6.29. The van der Waals surface area contributed by atoms with Gasteiger partial charge in [-0.2, -0.15) is 0 Å². The molecule has 0 radical (unpaired) electrons. The van der Waals surface area contributed by atoms with Crippen molar-refractivity contribution < 1.29 is 14.5 Å². The van der Waals surface area contributed by atoms with Gasteiger partial charge < -0.3 is 11.1 Å². The number of nitro benzene ring substituents is 1. The van der Waals surface area contributed by atoms with Crippen molar-refractivity contribution in [2.45, 2.75) is 32.1 Å². The van der Waals surface area contributed by atoms with Gasteiger partial charge in [-0.1, -0.05) is 30.7 Å². The molecule has 2 aromatic carbocycles. The number of nitrogens with two attached hydrogens (primary N) is 1. The van der Waals surface area contributed by atoms with Crippen molar-refractivity contribution in [3.63, 3.8) is 0 Å². The molecular weight excluding hydrogens is 346 g/mol. The van der Waals surface area contributed by atoms with Crippen molar-refractivity contribution in [3.8, 4) is 0 Å². The maximum atomic E-state index is 12.0. The number of benzene rings is 2. The fraction of sp³-hybridized carbons (Fsp3) is 0.300. The number of nitro groups is 1. The largest absolute Gasteiger partial charge is 0.398 e. The number of Topliss-reactive ketones (excluding diaryl/α,β-unsaturated/α-hetero) is 1. The zero-order chi connectivity index (χ0) is 19.6. The summed E-state index contributed by atoms with van der Waals surface area (Å²) in [6.07, 6.45) is 3.12. The lowest BCUT2D eigenvalue weighted by molar-refractivity contribution is -0.384. The summed E-state index contributed by atoms with van der Waals surface area (Å²) in [6, 6.07) is 13.0. The van der Waals surface area contributed by atoms with Crippen LogP contribution in [-0.2, 0) is 11.2 Å². The van der Waals surface area contributed by atoms with E-state index in [2.05, 4.69) is 5.32 Å². The van der Waals surface area contributed by atoms with Crippen LogP contribution in [0.25, 0.3) is 0 Å². The lowest BCUT2D eigenvalue weighted by atomic mass is 10.0. The number of carbonyl (C=O) groups is 2. The third-order valence-corrected chi connectivity index (χ3v) is 4.18. The van der Waals surface area contributed by atoms with Crippen LogP contribution in [0, 0.1) is 10.1 Å². The molecule has 7 heteroatoms. The summed E-state index contributed by atoms with van der Waals surface area (Å²) in [6.45, 7) is 0.460. The van der Waals surface area contributed by atoms with Gasteiger partial charge in [0.25, 0.3) is 11.6 Å². The van der Waals surface area contributed by atoms with Crippen LogP contribution in [0.5, 0.6) is 0 Å². The highest BCUT2D eigenvalue weighted by atomic mass is 16.6. The number of nitrogen functional groups attached to an aromatic ring is 1. The van der Waals surface area contributed by atoms with Gasteiger partial charge in [0.1, 0.15) is 5.78 Å². The van der Waals surface area contributed by atoms with Crippen LogP contribution in [-0.4, -0.2) is 23.2 Å². The Bertz CT molecular complexity index is 820. The van der Waals surface area contributed by atoms with Gasteiger partial charge in [-0.15, -0.1) is 0 Å².